The molecule has 106 valence electrons. The molecule has 0 radical (unpaired) electrons. The van der Waals surface area contributed by atoms with Crippen LogP contribution >= 0.6 is 0 Å². The van der Waals surface area contributed by atoms with Crippen molar-refractivity contribution in [3.05, 3.63) is 30.1 Å². The molecule has 1 aromatic carbocycles. The summed E-state index contributed by atoms with van der Waals surface area (Å²) in [7, 11) is 4.19. The van der Waals surface area contributed by atoms with Gasteiger partial charge in [0.2, 0.25) is 0 Å². The number of hydrogen-bond donors (Lipinski definition) is 1. The van der Waals surface area contributed by atoms with Gasteiger partial charge in [-0.1, -0.05) is 0 Å². The number of benzene rings is 1. The van der Waals surface area contributed by atoms with Gasteiger partial charge >= 0.3 is 0 Å². The van der Waals surface area contributed by atoms with E-state index in [9.17, 15) is 4.39 Å². The van der Waals surface area contributed by atoms with Crippen molar-refractivity contribution in [3.63, 3.8) is 0 Å². The second-order valence-corrected chi connectivity index (χ2v) is 5.68. The van der Waals surface area contributed by atoms with E-state index in [1.807, 2.05) is 12.1 Å². The van der Waals surface area contributed by atoms with Gasteiger partial charge in [0, 0.05) is 31.4 Å². The molecule has 1 aromatic rings. The summed E-state index contributed by atoms with van der Waals surface area (Å²) in [5, 5.41) is 3.57. The van der Waals surface area contributed by atoms with Gasteiger partial charge in [-0.3, -0.25) is 0 Å². The molecule has 1 N–H and O–H groups in total. The van der Waals surface area contributed by atoms with Gasteiger partial charge in [0.05, 0.1) is 6.04 Å². The second kappa shape index (κ2) is 6.35. The van der Waals surface area contributed by atoms with Crippen molar-refractivity contribution >= 4 is 5.69 Å². The van der Waals surface area contributed by atoms with Crippen molar-refractivity contribution in [2.24, 2.45) is 0 Å². The Balaban J connectivity index is 2.18. The standard InChI is InChI=1S/C15H24FN3/c1-12-8-9-19(14-6-4-13(16)5-7-14)15(10-17-12)11-18(2)3/h4-7,12,15,17H,8-11H2,1-3H3. The van der Waals surface area contributed by atoms with Crippen LogP contribution in [0.5, 0.6) is 0 Å². The van der Waals surface area contributed by atoms with E-state index in [-0.39, 0.29) is 5.82 Å². The van der Waals surface area contributed by atoms with Crippen molar-refractivity contribution in [2.45, 2.75) is 25.4 Å². The molecule has 0 aliphatic carbocycles. The Morgan fingerprint density at radius 2 is 2.00 bits per heavy atom. The molecule has 0 spiro atoms. The third-order valence-corrected chi connectivity index (χ3v) is 3.68. The fraction of sp³-hybridized carbons (Fsp3) is 0.600. The Hall–Kier alpha value is -1.13. The SMILES string of the molecule is CC1CCN(c2ccc(F)cc2)C(CN(C)C)CN1. The maximum atomic E-state index is 13.1. The number of likely N-dealkylation sites (N-methyl/N-ethyl adjacent to an activating group) is 1. The molecular formula is C15H24FN3. The Morgan fingerprint density at radius 1 is 1.32 bits per heavy atom. The van der Waals surface area contributed by atoms with E-state index in [1.165, 1.54) is 0 Å². The first kappa shape index (κ1) is 14.3. The third-order valence-electron chi connectivity index (χ3n) is 3.68. The van der Waals surface area contributed by atoms with Crippen LogP contribution in [0.3, 0.4) is 0 Å². The minimum absolute atomic E-state index is 0.172. The van der Waals surface area contributed by atoms with Gasteiger partial charge < -0.3 is 15.1 Å². The summed E-state index contributed by atoms with van der Waals surface area (Å²) in [6.07, 6.45) is 1.11. The Bertz CT molecular complexity index is 391. The van der Waals surface area contributed by atoms with Crippen LogP contribution in [-0.2, 0) is 0 Å². The zero-order valence-electron chi connectivity index (χ0n) is 12.1. The number of anilines is 1. The molecule has 1 saturated heterocycles. The highest BCUT2D eigenvalue weighted by Gasteiger charge is 2.23. The highest BCUT2D eigenvalue weighted by Crippen LogP contribution is 2.20. The van der Waals surface area contributed by atoms with Gasteiger partial charge in [0.25, 0.3) is 0 Å². The minimum Gasteiger partial charge on any atom is -0.366 e. The summed E-state index contributed by atoms with van der Waals surface area (Å²) in [6, 6.07) is 7.82. The summed E-state index contributed by atoms with van der Waals surface area (Å²) in [5.74, 6) is -0.172. The monoisotopic (exact) mass is 265 g/mol. The van der Waals surface area contributed by atoms with Gasteiger partial charge in [-0.15, -0.1) is 0 Å². The van der Waals surface area contributed by atoms with Crippen LogP contribution in [0.1, 0.15) is 13.3 Å². The lowest BCUT2D eigenvalue weighted by Crippen LogP contribution is -2.46. The molecule has 0 amide bonds. The lowest BCUT2D eigenvalue weighted by atomic mass is 10.2. The predicted molar refractivity (Wildman–Crippen MR) is 78.2 cm³/mol. The van der Waals surface area contributed by atoms with Gasteiger partial charge in [-0.2, -0.15) is 0 Å². The van der Waals surface area contributed by atoms with E-state index >= 15 is 0 Å². The molecular weight excluding hydrogens is 241 g/mol. The minimum atomic E-state index is -0.172. The highest BCUT2D eigenvalue weighted by atomic mass is 19.1. The van der Waals surface area contributed by atoms with E-state index < -0.39 is 0 Å². The summed E-state index contributed by atoms with van der Waals surface area (Å²) in [5.41, 5.74) is 1.11. The normalized spacial score (nSPS) is 24.6. The zero-order valence-corrected chi connectivity index (χ0v) is 12.1. The van der Waals surface area contributed by atoms with Crippen LogP contribution in [0, 0.1) is 5.82 Å². The average molecular weight is 265 g/mol. The fourth-order valence-corrected chi connectivity index (χ4v) is 2.62. The average Bonchev–Trinajstić information content (AvgIpc) is 2.53. The molecule has 2 atom stereocenters. The quantitative estimate of drug-likeness (QED) is 0.901. The first-order valence-electron chi connectivity index (χ1n) is 6.96. The molecule has 0 aromatic heterocycles. The maximum absolute atomic E-state index is 13.1. The van der Waals surface area contributed by atoms with E-state index in [0.717, 1.165) is 31.7 Å². The molecule has 2 rings (SSSR count). The summed E-state index contributed by atoms with van der Waals surface area (Å²) in [4.78, 5) is 4.61. The van der Waals surface area contributed by atoms with E-state index in [2.05, 4.69) is 36.1 Å². The topological polar surface area (TPSA) is 18.5 Å². The molecule has 1 heterocycles. The third kappa shape index (κ3) is 3.91. The first-order chi connectivity index (χ1) is 9.06. The van der Waals surface area contributed by atoms with Crippen LogP contribution in [0.4, 0.5) is 10.1 Å². The molecule has 0 bridgehead atoms. The van der Waals surface area contributed by atoms with Gasteiger partial charge in [0.1, 0.15) is 5.82 Å². The van der Waals surface area contributed by atoms with E-state index in [0.29, 0.717) is 12.1 Å². The van der Waals surface area contributed by atoms with Crippen LogP contribution < -0.4 is 10.2 Å². The largest absolute Gasteiger partial charge is 0.366 e. The van der Waals surface area contributed by atoms with Gasteiger partial charge in [0.15, 0.2) is 0 Å². The van der Waals surface area contributed by atoms with Crippen LogP contribution in [0.15, 0.2) is 24.3 Å². The molecule has 1 fully saturated rings. The number of nitrogens with zero attached hydrogens (tertiary/aromatic N) is 2. The number of hydrogen-bond acceptors (Lipinski definition) is 3. The maximum Gasteiger partial charge on any atom is 0.123 e. The number of halogens is 1. The molecule has 4 heteroatoms. The molecule has 3 nitrogen and oxygen atoms in total. The Morgan fingerprint density at radius 3 is 2.63 bits per heavy atom. The van der Waals surface area contributed by atoms with E-state index in [4.69, 9.17) is 0 Å². The van der Waals surface area contributed by atoms with Crippen LogP contribution in [0.2, 0.25) is 0 Å². The zero-order chi connectivity index (χ0) is 13.8. The smallest absolute Gasteiger partial charge is 0.123 e. The highest BCUT2D eigenvalue weighted by molar-refractivity contribution is 5.47. The van der Waals surface area contributed by atoms with Crippen molar-refractivity contribution < 1.29 is 4.39 Å². The molecule has 1 aliphatic rings. The van der Waals surface area contributed by atoms with Crippen molar-refractivity contribution in [1.29, 1.82) is 0 Å². The fourth-order valence-electron chi connectivity index (χ4n) is 2.62. The lowest BCUT2D eigenvalue weighted by Gasteiger charge is -2.33. The molecule has 0 saturated carbocycles. The summed E-state index contributed by atoms with van der Waals surface area (Å²) >= 11 is 0. The van der Waals surface area contributed by atoms with Gasteiger partial charge in [-0.25, -0.2) is 4.39 Å². The molecule has 1 aliphatic heterocycles. The molecule has 2 unspecified atom stereocenters. The second-order valence-electron chi connectivity index (χ2n) is 5.68. The Labute approximate surface area is 115 Å². The van der Waals surface area contributed by atoms with Crippen molar-refractivity contribution in [1.82, 2.24) is 10.2 Å². The summed E-state index contributed by atoms with van der Waals surface area (Å²) < 4.78 is 13.1. The lowest BCUT2D eigenvalue weighted by molar-refractivity contribution is 0.359. The molecule has 19 heavy (non-hydrogen) atoms. The predicted octanol–water partition coefficient (Wildman–Crippen LogP) is 1.94. The summed E-state index contributed by atoms with van der Waals surface area (Å²) in [6.45, 7) is 5.20. The number of nitrogens with one attached hydrogen (secondary N) is 1. The van der Waals surface area contributed by atoms with E-state index in [1.54, 1.807) is 12.1 Å². The number of rotatable bonds is 3. The van der Waals surface area contributed by atoms with Crippen molar-refractivity contribution in [2.75, 3.05) is 38.6 Å². The van der Waals surface area contributed by atoms with Crippen LogP contribution in [0.25, 0.3) is 0 Å². The Kier molecular flexibility index (Phi) is 4.77. The first-order valence-corrected chi connectivity index (χ1v) is 6.96. The van der Waals surface area contributed by atoms with Crippen molar-refractivity contribution in [3.8, 4) is 0 Å². The van der Waals surface area contributed by atoms with Crippen LogP contribution in [-0.4, -0.2) is 50.7 Å². The van der Waals surface area contributed by atoms with Gasteiger partial charge in [-0.05, 0) is 51.7 Å².